The molecule has 0 saturated carbocycles. The summed E-state index contributed by atoms with van der Waals surface area (Å²) in [7, 11) is 0. The Morgan fingerprint density at radius 2 is 1.40 bits per heavy atom. The molecule has 0 heterocycles. The molecule has 0 unspecified atom stereocenters. The summed E-state index contributed by atoms with van der Waals surface area (Å²) in [6.45, 7) is -11.5. The molecule has 0 fully saturated rings. The molecule has 84 valence electrons. The highest BCUT2D eigenvalue weighted by molar-refractivity contribution is 9.10. The minimum absolute atomic E-state index is 0.497. The van der Waals surface area contributed by atoms with E-state index in [1.807, 2.05) is 0 Å². The van der Waals surface area contributed by atoms with Gasteiger partial charge in [0, 0.05) is 20.9 Å². The fourth-order valence-electron chi connectivity index (χ4n) is 0.938. The van der Waals surface area contributed by atoms with Crippen molar-refractivity contribution in [1.29, 1.82) is 0 Å². The van der Waals surface area contributed by atoms with Crippen LogP contribution in [-0.4, -0.2) is 0 Å². The van der Waals surface area contributed by atoms with E-state index in [4.69, 9.17) is 20.6 Å². The summed E-state index contributed by atoms with van der Waals surface area (Å²) in [5, 5.41) is 0. The van der Waals surface area contributed by atoms with Gasteiger partial charge in [-0.05, 0) is 34.0 Å². The van der Waals surface area contributed by atoms with Crippen molar-refractivity contribution < 1.29 is 20.6 Å². The third-order valence-corrected chi connectivity index (χ3v) is 2.12. The summed E-state index contributed by atoms with van der Waals surface area (Å²) in [5.74, 6) is 0. The van der Waals surface area contributed by atoms with E-state index in [9.17, 15) is 0 Å². The van der Waals surface area contributed by atoms with Crippen LogP contribution in [0.5, 0.6) is 0 Å². The van der Waals surface area contributed by atoms with Gasteiger partial charge in [0.25, 0.3) is 0 Å². The lowest BCUT2D eigenvalue weighted by Crippen LogP contribution is -2.16. The van der Waals surface area contributed by atoms with Gasteiger partial charge in [0.15, 0.2) is 0 Å². The normalized spacial score (nSPS) is 31.0. The van der Waals surface area contributed by atoms with Crippen molar-refractivity contribution in [1.82, 2.24) is 0 Å². The first kappa shape index (κ1) is 3.13. The van der Waals surface area contributed by atoms with E-state index in [1.165, 1.54) is 0 Å². The van der Waals surface area contributed by atoms with E-state index in [2.05, 4.69) is 15.9 Å². The van der Waals surface area contributed by atoms with E-state index in [0.717, 1.165) is 13.8 Å². The molecule has 0 nitrogen and oxygen atoms in total. The highest BCUT2D eigenvalue weighted by Crippen LogP contribution is 2.31. The molecule has 0 aliphatic carbocycles. The van der Waals surface area contributed by atoms with Gasteiger partial charge in [-0.25, -0.2) is 0 Å². The van der Waals surface area contributed by atoms with Gasteiger partial charge in [0.2, 0.25) is 0 Å². The second kappa shape index (κ2) is 3.93. The van der Waals surface area contributed by atoms with E-state index < -0.39 is 72.0 Å². The largest absolute Gasteiger partial charge is 0.0638 e. The maximum Gasteiger partial charge on any atom is 0.0638 e. The standard InChI is InChI=1S/C14H21Br/c1-13(2,3)10-7-11(14(4,5)6)9-12(15)8-10/h7-9H,1-6H3/i1D3,2D3,4D3,5D3,7D,8D,9D. The van der Waals surface area contributed by atoms with E-state index in [0.29, 0.717) is 0 Å². The van der Waals surface area contributed by atoms with Gasteiger partial charge in [-0.2, -0.15) is 0 Å². The molecule has 0 atom stereocenters. The third kappa shape index (κ3) is 3.34. The average molecular weight is 284 g/mol. The van der Waals surface area contributed by atoms with Crippen molar-refractivity contribution in [3.8, 4) is 0 Å². The summed E-state index contributed by atoms with van der Waals surface area (Å²) < 4.78 is 118. The molecule has 1 aromatic carbocycles. The Kier molecular flexibility index (Phi) is 0.820. The first-order valence-corrected chi connectivity index (χ1v) is 4.98. The van der Waals surface area contributed by atoms with Gasteiger partial charge < -0.3 is 0 Å². The van der Waals surface area contributed by atoms with Crippen LogP contribution in [0, 0.1) is 0 Å². The fraction of sp³-hybridized carbons (Fsp3) is 0.571. The lowest BCUT2D eigenvalue weighted by molar-refractivity contribution is 0.568. The van der Waals surface area contributed by atoms with Crippen molar-refractivity contribution in [2.45, 2.75) is 52.1 Å². The lowest BCUT2D eigenvalue weighted by Gasteiger charge is -2.25. The molecule has 0 aliphatic heterocycles. The number of rotatable bonds is 0. The molecular formula is C14H21Br. The predicted octanol–water partition coefficient (Wildman–Crippen LogP) is 5.04. The van der Waals surface area contributed by atoms with Crippen LogP contribution in [0.15, 0.2) is 22.6 Å². The molecule has 0 amide bonds. The molecule has 0 spiro atoms. The molecule has 0 aliphatic rings. The van der Waals surface area contributed by atoms with Crippen molar-refractivity contribution in [3.63, 3.8) is 0 Å². The Labute approximate surface area is 123 Å². The molecule has 0 saturated heterocycles. The average Bonchev–Trinajstić information content (AvgIpc) is 2.48. The highest BCUT2D eigenvalue weighted by atomic mass is 79.9. The van der Waals surface area contributed by atoms with Crippen LogP contribution < -0.4 is 0 Å². The van der Waals surface area contributed by atoms with Gasteiger partial charge >= 0.3 is 0 Å². The first-order chi connectivity index (χ1) is 12.9. The fourth-order valence-corrected chi connectivity index (χ4v) is 1.33. The van der Waals surface area contributed by atoms with Crippen LogP contribution in [0.1, 0.15) is 72.9 Å². The molecule has 0 N–H and O–H groups in total. The minimum Gasteiger partial charge on any atom is -0.0561 e. The minimum atomic E-state index is -3.28. The van der Waals surface area contributed by atoms with E-state index >= 15 is 0 Å². The smallest absolute Gasteiger partial charge is 0.0561 e. The highest BCUT2D eigenvalue weighted by Gasteiger charge is 2.19. The second-order valence-electron chi connectivity index (χ2n) is 3.69. The van der Waals surface area contributed by atoms with Crippen molar-refractivity contribution in [2.24, 2.45) is 0 Å². The Balaban J connectivity index is 4.41. The van der Waals surface area contributed by atoms with Crippen LogP contribution >= 0.6 is 15.9 Å². The van der Waals surface area contributed by atoms with Gasteiger partial charge in [0.05, 0.1) is 4.11 Å². The molecule has 0 aromatic heterocycles. The third-order valence-electron chi connectivity index (χ3n) is 1.72. The summed E-state index contributed by atoms with van der Waals surface area (Å²) in [6.07, 6.45) is 0. The SMILES string of the molecule is [2H]c1c(Br)c([2H])c(C(C)(C([2H])([2H])[2H])C([2H])([2H])[2H])c([2H])c1C(C)(C([2H])([2H])[2H])C([2H])([2H])[2H]. The quantitative estimate of drug-likeness (QED) is 0.626. The van der Waals surface area contributed by atoms with Crippen molar-refractivity contribution in [2.75, 3.05) is 0 Å². The van der Waals surface area contributed by atoms with Gasteiger partial charge in [-0.1, -0.05) is 63.2 Å². The molecule has 0 radical (unpaired) electrons. The topological polar surface area (TPSA) is 0 Å². The molecule has 1 heteroatoms. The van der Waals surface area contributed by atoms with E-state index in [1.54, 1.807) is 0 Å². The zero-order valence-corrected chi connectivity index (χ0v) is 9.96. The lowest BCUT2D eigenvalue weighted by atomic mass is 9.81. The number of halogens is 1. The summed E-state index contributed by atoms with van der Waals surface area (Å²) in [4.78, 5) is 0. The molecule has 1 aromatic rings. The van der Waals surface area contributed by atoms with Crippen molar-refractivity contribution in [3.05, 3.63) is 33.7 Å². The van der Waals surface area contributed by atoms with Gasteiger partial charge in [0.1, 0.15) is 0 Å². The van der Waals surface area contributed by atoms with Crippen molar-refractivity contribution >= 4 is 15.9 Å². The number of hydrogen-bond acceptors (Lipinski definition) is 0. The number of benzene rings is 1. The summed E-state index contributed by atoms with van der Waals surface area (Å²) >= 11 is 2.87. The maximum atomic E-state index is 8.50. The maximum absolute atomic E-state index is 8.50. The Morgan fingerprint density at radius 3 is 1.73 bits per heavy atom. The zero-order valence-electron chi connectivity index (χ0n) is 23.4. The Hall–Kier alpha value is -0.300. The van der Waals surface area contributed by atoms with Crippen LogP contribution in [0.3, 0.4) is 0 Å². The first-order valence-electron chi connectivity index (χ1n) is 11.7. The summed E-state index contributed by atoms with van der Waals surface area (Å²) in [6, 6.07) is -2.68. The molecule has 0 bridgehead atoms. The van der Waals surface area contributed by atoms with Crippen LogP contribution in [-0.2, 0) is 10.8 Å². The van der Waals surface area contributed by atoms with Crippen LogP contribution in [0.2, 0.25) is 0 Å². The second-order valence-corrected chi connectivity index (χ2v) is 4.48. The summed E-state index contributed by atoms with van der Waals surface area (Å²) in [5.41, 5.74) is -7.38. The monoisotopic (exact) mass is 283 g/mol. The number of hydrogen-bond donors (Lipinski definition) is 0. The zero-order chi connectivity index (χ0) is 24.5. The Morgan fingerprint density at radius 1 is 1.00 bits per heavy atom. The predicted molar refractivity (Wildman–Crippen MR) is 71.5 cm³/mol. The molecular weight excluding hydrogens is 248 g/mol. The van der Waals surface area contributed by atoms with Crippen LogP contribution in [0.4, 0.5) is 0 Å². The Bertz CT molecular complexity index is 731. The van der Waals surface area contributed by atoms with Gasteiger partial charge in [-0.3, -0.25) is 0 Å². The molecule has 1 rings (SSSR count). The van der Waals surface area contributed by atoms with Gasteiger partial charge in [-0.15, -0.1) is 0 Å². The van der Waals surface area contributed by atoms with E-state index in [-0.39, 0.29) is 0 Å². The molecule has 15 heavy (non-hydrogen) atoms. The van der Waals surface area contributed by atoms with Crippen LogP contribution in [0.25, 0.3) is 0 Å².